The number of rotatable bonds is 7. The maximum absolute atomic E-state index is 12.9. The Morgan fingerprint density at radius 1 is 1.22 bits per heavy atom. The number of carbonyl (C=O) groups excluding carboxylic acids is 1. The minimum atomic E-state index is -3.53. The summed E-state index contributed by atoms with van der Waals surface area (Å²) in [4.78, 5) is 11.7. The molecule has 0 fully saturated rings. The quantitative estimate of drug-likeness (QED) is 0.830. The van der Waals surface area contributed by atoms with E-state index in [1.54, 1.807) is 17.5 Å². The van der Waals surface area contributed by atoms with Crippen LogP contribution >= 0.6 is 11.3 Å². The molecule has 2 rings (SSSR count). The van der Waals surface area contributed by atoms with E-state index < -0.39 is 15.1 Å². The third-order valence-corrected chi connectivity index (χ3v) is 7.09. The van der Waals surface area contributed by atoms with Crippen LogP contribution in [0.4, 0.5) is 0 Å². The summed E-state index contributed by atoms with van der Waals surface area (Å²) < 4.78 is 26.1. The Labute approximate surface area is 141 Å². The van der Waals surface area contributed by atoms with Crippen molar-refractivity contribution in [2.45, 2.75) is 36.1 Å². The first-order valence-electron chi connectivity index (χ1n) is 7.55. The molecule has 0 aliphatic heterocycles. The van der Waals surface area contributed by atoms with Gasteiger partial charge in [-0.25, -0.2) is 8.42 Å². The van der Waals surface area contributed by atoms with Gasteiger partial charge in [0.05, 0.1) is 0 Å². The summed E-state index contributed by atoms with van der Waals surface area (Å²) in [5.74, 6) is -0.119. The molecule has 0 aliphatic rings. The fraction of sp³-hybridized carbons (Fsp3) is 0.353. The van der Waals surface area contributed by atoms with Crippen molar-refractivity contribution in [3.05, 3.63) is 52.9 Å². The molecule has 4 nitrogen and oxygen atoms in total. The van der Waals surface area contributed by atoms with Gasteiger partial charge in [0.25, 0.3) is 0 Å². The molecule has 0 spiro atoms. The molecular weight excluding hydrogens is 330 g/mol. The van der Waals surface area contributed by atoms with Crippen LogP contribution in [0.3, 0.4) is 0 Å². The van der Waals surface area contributed by atoms with Crippen LogP contribution in [0.1, 0.15) is 36.1 Å². The monoisotopic (exact) mass is 351 g/mol. The van der Waals surface area contributed by atoms with Gasteiger partial charge in [0, 0.05) is 13.0 Å². The number of carbonyl (C=O) groups is 1. The first-order chi connectivity index (χ1) is 10.9. The minimum absolute atomic E-state index is 0.0854. The highest BCUT2D eigenvalue weighted by Crippen LogP contribution is 2.31. The van der Waals surface area contributed by atoms with Crippen molar-refractivity contribution >= 4 is 27.1 Å². The maximum atomic E-state index is 12.9. The number of sulfone groups is 1. The Balaban J connectivity index is 2.31. The van der Waals surface area contributed by atoms with Gasteiger partial charge >= 0.3 is 0 Å². The Morgan fingerprint density at radius 2 is 1.91 bits per heavy atom. The normalized spacial score (nSPS) is 12.8. The highest BCUT2D eigenvalue weighted by Gasteiger charge is 2.30. The molecule has 1 aromatic carbocycles. The van der Waals surface area contributed by atoms with Gasteiger partial charge in [-0.2, -0.15) is 0 Å². The van der Waals surface area contributed by atoms with Crippen molar-refractivity contribution in [1.29, 1.82) is 0 Å². The molecule has 23 heavy (non-hydrogen) atoms. The molecule has 1 N–H and O–H groups in total. The number of amides is 1. The van der Waals surface area contributed by atoms with Crippen LogP contribution in [0.5, 0.6) is 0 Å². The number of aryl methyl sites for hydroxylation is 1. The van der Waals surface area contributed by atoms with Crippen molar-refractivity contribution in [2.24, 2.45) is 0 Å². The first-order valence-corrected chi connectivity index (χ1v) is 9.98. The Morgan fingerprint density at radius 3 is 2.48 bits per heavy atom. The van der Waals surface area contributed by atoms with E-state index in [2.05, 4.69) is 5.32 Å². The predicted octanol–water partition coefficient (Wildman–Crippen LogP) is 3.49. The van der Waals surface area contributed by atoms with Crippen molar-refractivity contribution in [1.82, 2.24) is 5.32 Å². The molecule has 1 heterocycles. The van der Waals surface area contributed by atoms with E-state index in [4.69, 9.17) is 0 Å². The summed E-state index contributed by atoms with van der Waals surface area (Å²) in [6.07, 6.45) is 1.14. The van der Waals surface area contributed by atoms with Gasteiger partial charge in [-0.1, -0.05) is 42.8 Å². The van der Waals surface area contributed by atoms with Crippen LogP contribution in [0, 0.1) is 6.92 Å². The SMILES string of the molecule is CCCC(=O)NC[C@H](c1ccc(C)cc1)S(=O)(=O)c1cccs1. The molecule has 0 saturated heterocycles. The summed E-state index contributed by atoms with van der Waals surface area (Å²) >= 11 is 1.20. The second-order valence-electron chi connectivity index (χ2n) is 5.43. The summed E-state index contributed by atoms with van der Waals surface area (Å²) in [6.45, 7) is 3.96. The highest BCUT2D eigenvalue weighted by atomic mass is 32.2. The second kappa shape index (κ2) is 7.75. The molecular formula is C17H21NO3S2. The van der Waals surface area contributed by atoms with Crippen molar-refractivity contribution < 1.29 is 13.2 Å². The minimum Gasteiger partial charge on any atom is -0.354 e. The molecule has 0 bridgehead atoms. The van der Waals surface area contributed by atoms with E-state index in [0.717, 1.165) is 12.0 Å². The molecule has 0 aliphatic carbocycles. The van der Waals surface area contributed by atoms with Gasteiger partial charge in [0.15, 0.2) is 9.84 Å². The Bertz CT molecular complexity index is 735. The standard InChI is InChI=1S/C17H21NO3S2/c1-3-5-16(19)18-12-15(14-9-7-13(2)8-10-14)23(20,21)17-6-4-11-22-17/h4,6-11,15H,3,5,12H2,1-2H3,(H,18,19)/t15-/m1/s1. The average Bonchev–Trinajstić information content (AvgIpc) is 3.04. The zero-order chi connectivity index (χ0) is 16.9. The molecule has 6 heteroatoms. The molecule has 1 amide bonds. The van der Waals surface area contributed by atoms with E-state index in [0.29, 0.717) is 16.2 Å². The molecule has 124 valence electrons. The van der Waals surface area contributed by atoms with E-state index in [1.807, 2.05) is 38.1 Å². The third-order valence-electron chi connectivity index (χ3n) is 3.56. The van der Waals surface area contributed by atoms with Gasteiger partial charge in [-0.3, -0.25) is 4.79 Å². The second-order valence-corrected chi connectivity index (χ2v) is 8.74. The van der Waals surface area contributed by atoms with Crippen molar-refractivity contribution in [3.63, 3.8) is 0 Å². The first kappa shape index (κ1) is 17.7. The van der Waals surface area contributed by atoms with E-state index >= 15 is 0 Å². The summed E-state index contributed by atoms with van der Waals surface area (Å²) in [6, 6.07) is 10.7. The van der Waals surface area contributed by atoms with Crippen LogP contribution in [0.25, 0.3) is 0 Å². The summed E-state index contributed by atoms with van der Waals surface area (Å²) in [5.41, 5.74) is 1.76. The van der Waals surface area contributed by atoms with Crippen LogP contribution in [-0.2, 0) is 14.6 Å². The number of hydrogen-bond donors (Lipinski definition) is 1. The number of hydrogen-bond acceptors (Lipinski definition) is 4. The third kappa shape index (κ3) is 4.42. The van der Waals surface area contributed by atoms with Crippen LogP contribution in [-0.4, -0.2) is 20.9 Å². The van der Waals surface area contributed by atoms with Gasteiger partial charge < -0.3 is 5.32 Å². The summed E-state index contributed by atoms with van der Waals surface area (Å²) in [7, 11) is -3.53. The van der Waals surface area contributed by atoms with Gasteiger partial charge in [-0.15, -0.1) is 11.3 Å². The smallest absolute Gasteiger partial charge is 0.220 e. The topological polar surface area (TPSA) is 63.2 Å². The molecule has 1 aromatic heterocycles. The number of thiophene rings is 1. The zero-order valence-electron chi connectivity index (χ0n) is 13.3. The van der Waals surface area contributed by atoms with E-state index in [1.165, 1.54) is 11.3 Å². The van der Waals surface area contributed by atoms with Crippen molar-refractivity contribution in [2.75, 3.05) is 6.54 Å². The lowest BCUT2D eigenvalue weighted by molar-refractivity contribution is -0.121. The zero-order valence-corrected chi connectivity index (χ0v) is 14.9. The van der Waals surface area contributed by atoms with Crippen molar-refractivity contribution in [3.8, 4) is 0 Å². The molecule has 0 saturated carbocycles. The molecule has 2 aromatic rings. The Kier molecular flexibility index (Phi) is 5.96. The molecule has 1 atom stereocenters. The maximum Gasteiger partial charge on any atom is 0.220 e. The fourth-order valence-corrected chi connectivity index (χ4v) is 5.14. The van der Waals surface area contributed by atoms with E-state index in [-0.39, 0.29) is 12.5 Å². The number of benzene rings is 1. The lowest BCUT2D eigenvalue weighted by Crippen LogP contribution is -2.31. The van der Waals surface area contributed by atoms with Crippen LogP contribution in [0.15, 0.2) is 46.0 Å². The Hall–Kier alpha value is -1.66. The summed E-state index contributed by atoms with van der Waals surface area (Å²) in [5, 5.41) is 3.72. The largest absolute Gasteiger partial charge is 0.354 e. The number of nitrogens with one attached hydrogen (secondary N) is 1. The molecule has 0 unspecified atom stereocenters. The van der Waals surface area contributed by atoms with Gasteiger partial charge in [0.1, 0.15) is 9.46 Å². The lowest BCUT2D eigenvalue weighted by Gasteiger charge is -2.18. The fourth-order valence-electron chi connectivity index (χ4n) is 2.28. The highest BCUT2D eigenvalue weighted by molar-refractivity contribution is 7.93. The van der Waals surface area contributed by atoms with E-state index in [9.17, 15) is 13.2 Å². The van der Waals surface area contributed by atoms with Crippen LogP contribution in [0.2, 0.25) is 0 Å². The molecule has 0 radical (unpaired) electrons. The predicted molar refractivity (Wildman–Crippen MR) is 93.3 cm³/mol. The van der Waals surface area contributed by atoms with Gasteiger partial charge in [-0.05, 0) is 30.4 Å². The van der Waals surface area contributed by atoms with Gasteiger partial charge in [0.2, 0.25) is 5.91 Å². The average molecular weight is 351 g/mol. The lowest BCUT2D eigenvalue weighted by atomic mass is 10.1. The van der Waals surface area contributed by atoms with Crippen LogP contribution < -0.4 is 5.32 Å².